The van der Waals surface area contributed by atoms with Crippen molar-refractivity contribution in [2.45, 2.75) is 68.7 Å². The van der Waals surface area contributed by atoms with Crippen molar-refractivity contribution in [2.24, 2.45) is 5.73 Å². The second kappa shape index (κ2) is 14.7. The maximum Gasteiger partial charge on any atom is 0.290 e. The summed E-state index contributed by atoms with van der Waals surface area (Å²) in [4.78, 5) is 36.8. The Balaban J connectivity index is 1.32. The number of piperidine rings is 1. The largest absolute Gasteiger partial charge is 0.366 e. The molecule has 3 aliphatic rings. The van der Waals surface area contributed by atoms with Crippen LogP contribution in [0.25, 0.3) is 11.1 Å². The van der Waals surface area contributed by atoms with Gasteiger partial charge >= 0.3 is 0 Å². The minimum Gasteiger partial charge on any atom is -0.366 e. The Morgan fingerprint density at radius 3 is 2.20 bits per heavy atom. The number of aromatic nitrogens is 4. The van der Waals surface area contributed by atoms with Gasteiger partial charge in [0, 0.05) is 56.6 Å². The number of nitrogens with zero attached hydrogens (tertiary/aromatic N) is 5. The molecule has 11 nitrogen and oxygen atoms in total. The van der Waals surface area contributed by atoms with Crippen molar-refractivity contribution < 1.29 is 58.6 Å². The number of fused-ring (bicyclic) bond motifs is 1. The summed E-state index contributed by atoms with van der Waals surface area (Å²) in [5, 5.41) is 5.84. The fourth-order valence-electron chi connectivity index (χ4n) is 7.33. The van der Waals surface area contributed by atoms with E-state index in [1.54, 1.807) is 4.90 Å². The number of halogens is 9. The molecule has 1 spiro atoms. The zero-order valence-corrected chi connectivity index (χ0v) is 29.1. The lowest BCUT2D eigenvalue weighted by molar-refractivity contribution is -0.169. The van der Waals surface area contributed by atoms with Gasteiger partial charge in [0.25, 0.3) is 24.2 Å². The Labute approximate surface area is 312 Å². The van der Waals surface area contributed by atoms with E-state index in [2.05, 4.69) is 15.4 Å². The zero-order chi connectivity index (χ0) is 40.2. The summed E-state index contributed by atoms with van der Waals surface area (Å²) >= 11 is 0. The first-order chi connectivity index (χ1) is 26.4. The van der Waals surface area contributed by atoms with Gasteiger partial charge in [-0.05, 0) is 41.8 Å². The molecule has 1 unspecified atom stereocenters. The molecular formula is C36H32F9N7O4. The number of hydrogen-bond donors (Lipinski definition) is 2. The van der Waals surface area contributed by atoms with Crippen LogP contribution < -0.4 is 16.0 Å². The molecule has 0 bridgehead atoms. The predicted molar refractivity (Wildman–Crippen MR) is 177 cm³/mol. The molecule has 0 saturated carbocycles. The third-order valence-electron chi connectivity index (χ3n) is 9.94. The Morgan fingerprint density at radius 2 is 1.55 bits per heavy atom. The van der Waals surface area contributed by atoms with Crippen LogP contribution in [0.5, 0.6) is 0 Å². The number of primary amides is 1. The summed E-state index contributed by atoms with van der Waals surface area (Å²) in [6.45, 7) is 0.199. The number of carbonyl (C=O) groups is 2. The molecule has 1 atom stereocenters. The van der Waals surface area contributed by atoms with Crippen LogP contribution in [-0.2, 0) is 39.1 Å². The molecule has 1 aliphatic carbocycles. The van der Waals surface area contributed by atoms with E-state index in [0.717, 1.165) is 24.3 Å². The smallest absolute Gasteiger partial charge is 0.290 e. The molecule has 2 aliphatic heterocycles. The lowest BCUT2D eigenvalue weighted by Crippen LogP contribution is -2.46. The number of nitrogens with one attached hydrogen (secondary N) is 1. The highest BCUT2D eigenvalue weighted by molar-refractivity contribution is 5.94. The van der Waals surface area contributed by atoms with E-state index in [9.17, 15) is 40.3 Å². The van der Waals surface area contributed by atoms with Gasteiger partial charge in [-0.2, -0.15) is 13.9 Å². The standard InChI is InChI=1S/C36H32F9N7O4/c37-20-11-18(12-21(38)15-20)13-25(48-26(53)17-52-30-27(29(50-52)31(40)41)35(42,43)3-4-36(30,44)45)28-23(19-1-2-24(39)22(14-19)32(46)54)16-47-33(49-28)51-7-5-34(6-8-51)55-9-10-56-34/h1-2,11-12,14-16,25,31H,3-10,13,17H2,(H2,46,54)(H,48,53). The average molecular weight is 798 g/mol. The van der Waals surface area contributed by atoms with E-state index in [-0.39, 0.29) is 33.0 Å². The molecule has 298 valence electrons. The number of anilines is 1. The van der Waals surface area contributed by atoms with Gasteiger partial charge in [-0.25, -0.2) is 40.7 Å². The quantitative estimate of drug-likeness (QED) is 0.181. The Bertz CT molecular complexity index is 2150. The number of alkyl halides is 6. The summed E-state index contributed by atoms with van der Waals surface area (Å²) in [5.74, 6) is -14.2. The highest BCUT2D eigenvalue weighted by Crippen LogP contribution is 2.52. The van der Waals surface area contributed by atoms with E-state index < -0.39 is 108 Å². The number of benzene rings is 2. The fourth-order valence-corrected chi connectivity index (χ4v) is 7.33. The van der Waals surface area contributed by atoms with Crippen molar-refractivity contribution in [2.75, 3.05) is 31.2 Å². The number of rotatable bonds is 10. The molecule has 4 heterocycles. The Hall–Kier alpha value is -5.24. The summed E-state index contributed by atoms with van der Waals surface area (Å²) in [7, 11) is 0. The molecule has 3 N–H and O–H groups in total. The SMILES string of the molecule is NC(=O)c1cc(-c2cnc(N3CCC4(CC3)OCCO4)nc2C(Cc2cc(F)cc(F)c2)NC(=O)Cn2nc(C(F)F)c3c2C(F)(F)CCC3(F)F)ccc1F. The molecule has 2 aromatic carbocycles. The van der Waals surface area contributed by atoms with Crippen LogP contribution >= 0.6 is 0 Å². The van der Waals surface area contributed by atoms with E-state index in [1.165, 1.54) is 12.3 Å². The second-order valence-electron chi connectivity index (χ2n) is 13.7. The maximum atomic E-state index is 15.2. The van der Waals surface area contributed by atoms with Crippen LogP contribution in [0.3, 0.4) is 0 Å². The molecule has 2 aromatic heterocycles. The van der Waals surface area contributed by atoms with E-state index >= 15 is 8.78 Å². The van der Waals surface area contributed by atoms with Crippen molar-refractivity contribution in [1.82, 2.24) is 25.1 Å². The van der Waals surface area contributed by atoms with Crippen molar-refractivity contribution >= 4 is 17.8 Å². The summed E-state index contributed by atoms with van der Waals surface area (Å²) in [6, 6.07) is 4.29. The van der Waals surface area contributed by atoms with Crippen molar-refractivity contribution in [1.29, 1.82) is 0 Å². The van der Waals surface area contributed by atoms with Crippen molar-refractivity contribution in [3.63, 3.8) is 0 Å². The Kier molecular flexibility index (Phi) is 10.2. The zero-order valence-electron chi connectivity index (χ0n) is 29.1. The maximum absolute atomic E-state index is 15.2. The first-order valence-electron chi connectivity index (χ1n) is 17.3. The van der Waals surface area contributed by atoms with E-state index in [4.69, 9.17) is 20.2 Å². The van der Waals surface area contributed by atoms with Gasteiger partial charge in [0.1, 0.15) is 35.4 Å². The molecule has 2 amide bonds. The summed E-state index contributed by atoms with van der Waals surface area (Å²) in [5.41, 5.74) is 0.0584. The van der Waals surface area contributed by atoms with Gasteiger partial charge in [0.05, 0.1) is 36.1 Å². The van der Waals surface area contributed by atoms with Crippen LogP contribution in [0, 0.1) is 17.5 Å². The molecular weight excluding hydrogens is 765 g/mol. The minimum absolute atomic E-state index is 0.0473. The number of hydrogen-bond acceptors (Lipinski definition) is 8. The molecule has 0 radical (unpaired) electrons. The Morgan fingerprint density at radius 1 is 0.893 bits per heavy atom. The van der Waals surface area contributed by atoms with Crippen molar-refractivity contribution in [3.8, 4) is 11.1 Å². The normalized spacial score (nSPS) is 18.9. The highest BCUT2D eigenvalue weighted by Gasteiger charge is 2.55. The van der Waals surface area contributed by atoms with Crippen LogP contribution in [0.15, 0.2) is 42.6 Å². The third kappa shape index (κ3) is 7.63. The monoisotopic (exact) mass is 797 g/mol. The van der Waals surface area contributed by atoms with Crippen LogP contribution in [-0.4, -0.2) is 63.7 Å². The molecule has 56 heavy (non-hydrogen) atoms. The van der Waals surface area contributed by atoms with Crippen LogP contribution in [0.1, 0.15) is 76.7 Å². The molecule has 2 saturated heterocycles. The van der Waals surface area contributed by atoms with E-state index in [0.29, 0.717) is 45.2 Å². The fraction of sp³-hybridized carbons (Fsp3) is 0.417. The summed E-state index contributed by atoms with van der Waals surface area (Å²) in [6.07, 6.45) is -4.88. The molecule has 2 fully saturated rings. The first kappa shape index (κ1) is 39.0. The first-order valence-corrected chi connectivity index (χ1v) is 17.3. The number of carbonyl (C=O) groups excluding carboxylic acids is 2. The van der Waals surface area contributed by atoms with Gasteiger partial charge in [-0.15, -0.1) is 0 Å². The van der Waals surface area contributed by atoms with Gasteiger partial charge in [0.15, 0.2) is 5.79 Å². The number of ether oxygens (including phenoxy) is 2. The third-order valence-corrected chi connectivity index (χ3v) is 9.94. The average Bonchev–Trinajstić information content (AvgIpc) is 3.76. The molecule has 4 aromatic rings. The summed E-state index contributed by atoms with van der Waals surface area (Å²) < 4.78 is 143. The van der Waals surface area contributed by atoms with Gasteiger partial charge in [0.2, 0.25) is 11.9 Å². The van der Waals surface area contributed by atoms with Crippen molar-refractivity contribution in [3.05, 3.63) is 93.8 Å². The number of amides is 2. The molecule has 7 rings (SSSR count). The number of nitrogens with two attached hydrogens (primary N) is 1. The second-order valence-corrected chi connectivity index (χ2v) is 13.7. The lowest BCUT2D eigenvalue weighted by Gasteiger charge is -2.37. The van der Waals surface area contributed by atoms with E-state index in [1.807, 2.05) is 0 Å². The van der Waals surface area contributed by atoms with Gasteiger partial charge in [-0.3, -0.25) is 14.3 Å². The van der Waals surface area contributed by atoms with Gasteiger partial charge < -0.3 is 25.4 Å². The van der Waals surface area contributed by atoms with Crippen LogP contribution in [0.4, 0.5) is 45.5 Å². The van der Waals surface area contributed by atoms with Gasteiger partial charge in [-0.1, -0.05) is 6.07 Å². The minimum atomic E-state index is -4.10. The molecule has 20 heteroatoms. The topological polar surface area (TPSA) is 137 Å². The highest BCUT2D eigenvalue weighted by atomic mass is 19.3. The van der Waals surface area contributed by atoms with Crippen LogP contribution in [0.2, 0.25) is 0 Å². The lowest BCUT2D eigenvalue weighted by atomic mass is 9.89. The predicted octanol–water partition coefficient (Wildman–Crippen LogP) is 6.21.